The average Bonchev–Trinajstić information content (AvgIpc) is 3.45. The second-order valence-electron chi connectivity index (χ2n) is 11.7. The van der Waals surface area contributed by atoms with Crippen molar-refractivity contribution in [1.29, 1.82) is 0 Å². The Morgan fingerprint density at radius 2 is 0.861 bits per heavy atom. The summed E-state index contributed by atoms with van der Waals surface area (Å²) in [6.45, 7) is 14.4. The van der Waals surface area contributed by atoms with Gasteiger partial charge in [0.15, 0.2) is 0 Å². The first-order valence-corrected chi connectivity index (χ1v) is 15.8. The van der Waals surface area contributed by atoms with Crippen LogP contribution >= 0.6 is 16.1 Å². The Bertz CT molecular complexity index is 1370. The van der Waals surface area contributed by atoms with E-state index in [4.69, 9.17) is 0 Å². The Morgan fingerprint density at radius 1 is 0.500 bits per heavy atom. The van der Waals surface area contributed by atoms with Gasteiger partial charge >= 0.3 is 0 Å². The number of aromatic nitrogens is 2. The van der Waals surface area contributed by atoms with Gasteiger partial charge < -0.3 is 8.68 Å². The van der Waals surface area contributed by atoms with E-state index >= 15 is 0 Å². The van der Waals surface area contributed by atoms with Crippen LogP contribution in [0, 0.1) is 0 Å². The maximum absolute atomic E-state index is 2.58. The maximum atomic E-state index is 2.58. The van der Waals surface area contributed by atoms with Crippen LogP contribution in [0.5, 0.6) is 0 Å². The molecule has 4 heteroatoms. The molecule has 0 spiro atoms. The molecule has 0 aliphatic carbocycles. The number of fused-ring (bicyclic) bond motifs is 2. The third-order valence-electron chi connectivity index (χ3n) is 6.99. The summed E-state index contributed by atoms with van der Waals surface area (Å²) in [5.41, 5.74) is 5.72. The van der Waals surface area contributed by atoms with E-state index in [0.717, 1.165) is 12.3 Å². The fourth-order valence-corrected chi connectivity index (χ4v) is 10.2. The zero-order valence-electron chi connectivity index (χ0n) is 22.4. The summed E-state index contributed by atoms with van der Waals surface area (Å²) in [4.78, 5) is 0. The number of rotatable bonds is 6. The Hall–Kier alpha value is -2.40. The van der Waals surface area contributed by atoms with Crippen LogP contribution < -0.4 is 0 Å². The van der Waals surface area contributed by atoms with Gasteiger partial charge in [0.05, 0.1) is 11.0 Å². The molecule has 0 fully saturated rings. The monoisotopic (exact) mass is 512 g/mol. The SMILES string of the molecule is CC(C)(C)P(Cc1ccccc1CP(n1ccc2ccccc21)C(C)(C)C)n1ccc2ccccc21. The standard InChI is InChI=1S/C32H38N2P2/c1-31(2,3)35(33-21-19-25-13-9-11-17-29(25)33)23-27-15-7-8-16-28(27)24-36(32(4,5)6)34-22-20-26-14-10-12-18-30(26)34/h7-22H,23-24H2,1-6H3. The van der Waals surface area contributed by atoms with Gasteiger partial charge in [-0.25, -0.2) is 0 Å². The van der Waals surface area contributed by atoms with Gasteiger partial charge in [-0.3, -0.25) is 0 Å². The fourth-order valence-electron chi connectivity index (χ4n) is 5.02. The molecule has 2 heterocycles. The van der Waals surface area contributed by atoms with Gasteiger partial charge in [0.1, 0.15) is 0 Å². The summed E-state index contributed by atoms with van der Waals surface area (Å²) in [6.07, 6.45) is 6.82. The van der Waals surface area contributed by atoms with E-state index in [2.05, 4.69) is 148 Å². The zero-order chi connectivity index (χ0) is 25.5. The maximum Gasteiger partial charge on any atom is 0.0514 e. The van der Waals surface area contributed by atoms with E-state index < -0.39 is 16.1 Å². The molecule has 0 aliphatic rings. The van der Waals surface area contributed by atoms with E-state index in [0.29, 0.717) is 0 Å². The van der Waals surface area contributed by atoms with Crippen molar-refractivity contribution in [2.75, 3.05) is 0 Å². The van der Waals surface area contributed by atoms with Crippen LogP contribution in [0.4, 0.5) is 0 Å². The van der Waals surface area contributed by atoms with E-state index in [-0.39, 0.29) is 10.3 Å². The molecular formula is C32H38N2P2. The Morgan fingerprint density at radius 3 is 1.25 bits per heavy atom. The quantitative estimate of drug-likeness (QED) is 0.200. The molecule has 5 aromatic rings. The minimum atomic E-state index is -0.461. The van der Waals surface area contributed by atoms with Gasteiger partial charge in [0.2, 0.25) is 0 Å². The lowest BCUT2D eigenvalue weighted by Crippen LogP contribution is -2.19. The molecule has 36 heavy (non-hydrogen) atoms. The third kappa shape index (κ3) is 5.04. The van der Waals surface area contributed by atoms with Crippen LogP contribution in [0.3, 0.4) is 0 Å². The Labute approximate surface area is 219 Å². The van der Waals surface area contributed by atoms with Crippen molar-refractivity contribution in [3.8, 4) is 0 Å². The largest absolute Gasteiger partial charge is 0.325 e. The lowest BCUT2D eigenvalue weighted by atomic mass is 10.1. The van der Waals surface area contributed by atoms with Crippen molar-refractivity contribution in [2.24, 2.45) is 0 Å². The smallest absolute Gasteiger partial charge is 0.0514 e. The number of hydrogen-bond donors (Lipinski definition) is 0. The fraction of sp³-hybridized carbons (Fsp3) is 0.312. The van der Waals surface area contributed by atoms with Crippen LogP contribution in [-0.4, -0.2) is 19.0 Å². The highest BCUT2D eigenvalue weighted by Gasteiger charge is 2.31. The van der Waals surface area contributed by atoms with Crippen molar-refractivity contribution >= 4 is 38.0 Å². The minimum absolute atomic E-state index is 0.190. The highest BCUT2D eigenvalue weighted by atomic mass is 31.1. The minimum Gasteiger partial charge on any atom is -0.325 e. The Balaban J connectivity index is 1.53. The molecule has 2 unspecified atom stereocenters. The second-order valence-corrected chi connectivity index (χ2v) is 17.4. The molecule has 2 aromatic heterocycles. The van der Waals surface area contributed by atoms with Crippen molar-refractivity contribution in [3.63, 3.8) is 0 Å². The molecule has 0 radical (unpaired) electrons. The van der Waals surface area contributed by atoms with Gasteiger partial charge in [-0.1, -0.05) is 102 Å². The van der Waals surface area contributed by atoms with Gasteiger partial charge in [-0.15, -0.1) is 0 Å². The molecule has 0 bridgehead atoms. The van der Waals surface area contributed by atoms with Crippen LogP contribution in [0.15, 0.2) is 97.3 Å². The summed E-state index contributed by atoms with van der Waals surface area (Å²) in [5, 5.41) is 3.04. The molecule has 3 aromatic carbocycles. The number of nitrogens with zero attached hydrogens (tertiary/aromatic N) is 2. The topological polar surface area (TPSA) is 9.86 Å². The van der Waals surface area contributed by atoms with Crippen LogP contribution in [0.2, 0.25) is 0 Å². The summed E-state index contributed by atoms with van der Waals surface area (Å²) in [6, 6.07) is 31.4. The van der Waals surface area contributed by atoms with Crippen LogP contribution in [0.1, 0.15) is 52.7 Å². The zero-order valence-corrected chi connectivity index (χ0v) is 24.2. The van der Waals surface area contributed by atoms with E-state index in [1.165, 1.54) is 32.9 Å². The molecular weight excluding hydrogens is 474 g/mol. The van der Waals surface area contributed by atoms with E-state index in [1.54, 1.807) is 0 Å². The second kappa shape index (κ2) is 9.81. The number of benzene rings is 3. The van der Waals surface area contributed by atoms with Gasteiger partial charge in [0.25, 0.3) is 0 Å². The molecule has 5 rings (SSSR count). The van der Waals surface area contributed by atoms with Gasteiger partial charge in [0, 0.05) is 51.2 Å². The predicted molar refractivity (Wildman–Crippen MR) is 162 cm³/mol. The molecule has 0 aliphatic heterocycles. The highest BCUT2D eigenvalue weighted by Crippen LogP contribution is 2.57. The van der Waals surface area contributed by atoms with E-state index in [1.807, 2.05) is 0 Å². The molecule has 0 amide bonds. The Kier molecular flexibility index (Phi) is 6.88. The molecule has 0 saturated heterocycles. The third-order valence-corrected chi connectivity index (χ3v) is 13.1. The lowest BCUT2D eigenvalue weighted by molar-refractivity contribution is 0.767. The summed E-state index contributed by atoms with van der Waals surface area (Å²) >= 11 is 0. The van der Waals surface area contributed by atoms with Crippen LogP contribution in [-0.2, 0) is 12.3 Å². The van der Waals surface area contributed by atoms with Crippen LogP contribution in [0.25, 0.3) is 21.8 Å². The summed E-state index contributed by atoms with van der Waals surface area (Å²) in [5.74, 6) is 0. The van der Waals surface area contributed by atoms with Crippen molar-refractivity contribution in [2.45, 2.75) is 64.2 Å². The van der Waals surface area contributed by atoms with Crippen molar-refractivity contribution in [1.82, 2.24) is 8.68 Å². The molecule has 186 valence electrons. The predicted octanol–water partition coefficient (Wildman–Crippen LogP) is 10.1. The first kappa shape index (κ1) is 25.3. The number of para-hydroxylation sites is 2. The first-order valence-electron chi connectivity index (χ1n) is 12.9. The molecule has 2 atom stereocenters. The van der Waals surface area contributed by atoms with Gasteiger partial charge in [-0.2, -0.15) is 0 Å². The van der Waals surface area contributed by atoms with Crippen molar-refractivity contribution in [3.05, 3.63) is 108 Å². The number of hydrogen-bond acceptors (Lipinski definition) is 0. The first-order chi connectivity index (χ1) is 17.1. The molecule has 2 nitrogen and oxygen atoms in total. The highest BCUT2D eigenvalue weighted by molar-refractivity contribution is 7.57. The molecule has 0 N–H and O–H groups in total. The lowest BCUT2D eigenvalue weighted by Gasteiger charge is -2.35. The van der Waals surface area contributed by atoms with Gasteiger partial charge in [-0.05, 0) is 46.2 Å². The normalized spacial score (nSPS) is 14.4. The summed E-state index contributed by atoms with van der Waals surface area (Å²) in [7, 11) is -0.923. The van der Waals surface area contributed by atoms with Crippen molar-refractivity contribution < 1.29 is 0 Å². The average molecular weight is 513 g/mol. The summed E-state index contributed by atoms with van der Waals surface area (Å²) < 4.78 is 5.15. The van der Waals surface area contributed by atoms with E-state index in [9.17, 15) is 0 Å². The molecule has 0 saturated carbocycles.